The fourth-order valence-corrected chi connectivity index (χ4v) is 6.65. The van der Waals surface area contributed by atoms with Crippen molar-refractivity contribution in [2.24, 2.45) is 13.0 Å². The lowest BCUT2D eigenvalue weighted by Gasteiger charge is -2.36. The minimum Gasteiger partial charge on any atom is -0.490 e. The van der Waals surface area contributed by atoms with Crippen LogP contribution in [0.3, 0.4) is 0 Å². The summed E-state index contributed by atoms with van der Waals surface area (Å²) in [6, 6.07) is 10.8. The molecule has 0 saturated carbocycles. The van der Waals surface area contributed by atoms with E-state index in [9.17, 15) is 28.2 Å². The third-order valence-corrected chi connectivity index (χ3v) is 9.67. The molecule has 0 aliphatic carbocycles. The predicted molar refractivity (Wildman–Crippen MR) is 181 cm³/mol. The van der Waals surface area contributed by atoms with Crippen molar-refractivity contribution in [1.29, 1.82) is 0 Å². The number of imidazole rings is 1. The first-order valence-corrected chi connectivity index (χ1v) is 17.6. The lowest BCUT2D eigenvalue weighted by Crippen LogP contribution is -2.47. The molecule has 0 saturated heterocycles. The van der Waals surface area contributed by atoms with Gasteiger partial charge >= 0.3 is 5.97 Å². The van der Waals surface area contributed by atoms with Gasteiger partial charge in [0.15, 0.2) is 5.03 Å². The Morgan fingerprint density at radius 1 is 1.17 bits per heavy atom. The van der Waals surface area contributed by atoms with Crippen LogP contribution in [0.5, 0.6) is 5.75 Å². The lowest BCUT2D eigenvalue weighted by molar-refractivity contribution is -0.0177. The van der Waals surface area contributed by atoms with E-state index in [1.165, 1.54) is 23.2 Å². The van der Waals surface area contributed by atoms with E-state index in [-0.39, 0.29) is 53.1 Å². The van der Waals surface area contributed by atoms with Crippen LogP contribution in [0, 0.1) is 5.92 Å². The molecule has 0 bridgehead atoms. The van der Waals surface area contributed by atoms with Gasteiger partial charge in [0.2, 0.25) is 0 Å². The number of benzene rings is 2. The Kier molecular flexibility index (Phi) is 12.6. The molecule has 1 aliphatic heterocycles. The van der Waals surface area contributed by atoms with Crippen molar-refractivity contribution in [2.45, 2.75) is 69.9 Å². The molecule has 0 unspecified atom stereocenters. The highest BCUT2D eigenvalue weighted by molar-refractivity contribution is 7.92. The van der Waals surface area contributed by atoms with Crippen LogP contribution >= 0.6 is 0 Å². The Morgan fingerprint density at radius 2 is 1.90 bits per heavy atom. The van der Waals surface area contributed by atoms with Gasteiger partial charge in [-0.05, 0) is 76.1 Å². The lowest BCUT2D eigenvalue weighted by atomic mass is 10.0. The van der Waals surface area contributed by atoms with Crippen molar-refractivity contribution < 1.29 is 37.7 Å². The number of sulfonamides is 1. The number of hydrogen-bond acceptors (Lipinski definition) is 9. The molecule has 13 nitrogen and oxygen atoms in total. The van der Waals surface area contributed by atoms with E-state index in [4.69, 9.17) is 9.47 Å². The van der Waals surface area contributed by atoms with Crippen LogP contribution in [0.2, 0.25) is 0 Å². The molecular formula is C34H47N5O8S. The third-order valence-electron chi connectivity index (χ3n) is 8.41. The first-order valence-electron chi connectivity index (χ1n) is 16.1. The first-order chi connectivity index (χ1) is 22.8. The van der Waals surface area contributed by atoms with Gasteiger partial charge in [0.1, 0.15) is 5.75 Å². The molecule has 2 aromatic carbocycles. The van der Waals surface area contributed by atoms with Crippen molar-refractivity contribution in [3.63, 3.8) is 0 Å². The number of rotatable bonds is 10. The number of aliphatic hydroxyl groups excluding tert-OH is 1. The zero-order chi connectivity index (χ0) is 35.0. The topological polar surface area (TPSA) is 164 Å². The van der Waals surface area contributed by atoms with Crippen LogP contribution in [0.25, 0.3) is 0 Å². The number of carboxylic acid groups (broad SMARTS) is 1. The van der Waals surface area contributed by atoms with Gasteiger partial charge in [0.25, 0.3) is 15.9 Å². The molecule has 2 heterocycles. The second-order valence-electron chi connectivity index (χ2n) is 12.7. The van der Waals surface area contributed by atoms with Gasteiger partial charge in [-0.1, -0.05) is 19.1 Å². The summed E-state index contributed by atoms with van der Waals surface area (Å²) in [6.07, 6.45) is 4.65. The largest absolute Gasteiger partial charge is 0.490 e. The number of aliphatic hydroxyl groups is 1. The highest BCUT2D eigenvalue weighted by Crippen LogP contribution is 2.29. The van der Waals surface area contributed by atoms with Gasteiger partial charge in [-0.3, -0.25) is 14.4 Å². The van der Waals surface area contributed by atoms with Gasteiger partial charge in [0.05, 0.1) is 42.3 Å². The van der Waals surface area contributed by atoms with Gasteiger partial charge in [-0.15, -0.1) is 0 Å². The maximum Gasteiger partial charge on any atom is 0.335 e. The van der Waals surface area contributed by atoms with Crippen LogP contribution in [-0.4, -0.2) is 101 Å². The molecule has 1 aromatic heterocycles. The number of hydrogen-bond donors (Lipinski definition) is 3. The Hall–Kier alpha value is -3.98. The summed E-state index contributed by atoms with van der Waals surface area (Å²) in [5, 5.41) is 19.3. The van der Waals surface area contributed by atoms with Crippen LogP contribution < -0.4 is 9.46 Å². The molecule has 14 heteroatoms. The Balaban J connectivity index is 1.61. The fourth-order valence-electron chi connectivity index (χ4n) is 5.62. The second kappa shape index (κ2) is 16.4. The van der Waals surface area contributed by atoms with E-state index in [0.717, 1.165) is 18.4 Å². The van der Waals surface area contributed by atoms with E-state index >= 15 is 0 Å². The number of anilines is 1. The van der Waals surface area contributed by atoms with Crippen molar-refractivity contribution in [3.05, 3.63) is 71.7 Å². The summed E-state index contributed by atoms with van der Waals surface area (Å²) < 4.78 is 42.8. The molecule has 4 atom stereocenters. The van der Waals surface area contributed by atoms with Crippen molar-refractivity contribution in [3.8, 4) is 5.75 Å². The number of carbonyl (C=O) groups is 2. The van der Waals surface area contributed by atoms with Crippen LogP contribution in [0.1, 0.15) is 66.3 Å². The summed E-state index contributed by atoms with van der Waals surface area (Å²) in [7, 11) is -0.386. The third kappa shape index (κ3) is 9.78. The number of aromatic nitrogens is 2. The monoisotopic (exact) mass is 685 g/mol. The SMILES string of the molecule is C[C@@H]1CCCCO[C@H](CN(C)Cc2ccc(C(=O)O)cc2)[C@H](C)CN([C@@H](C)CO)C(=O)c2cc(NS(=O)(=O)c3cn(C)cn3)ccc2O1. The standard InChI is InChI=1S/C34H47N5O8S/c1-23-17-39(24(2)21-40)33(41)29-16-28(36-48(44,45)32-20-38(5)22-35-32)13-14-30(29)47-25(3)8-6-7-15-46-31(23)19-37(4)18-26-9-11-27(12-10-26)34(42)43/h9-14,16,20,22-25,31,36,40H,6-8,15,17-19,21H2,1-5H3,(H,42,43)/t23-,24+,25-,31-/m1/s1. The normalized spacial score (nSPS) is 20.4. The fraction of sp³-hybridized carbons (Fsp3) is 0.500. The number of ether oxygens (including phenoxy) is 2. The smallest absolute Gasteiger partial charge is 0.335 e. The van der Waals surface area contributed by atoms with Crippen LogP contribution in [0.4, 0.5) is 5.69 Å². The minimum absolute atomic E-state index is 0.154. The van der Waals surface area contributed by atoms with Gasteiger partial charge in [-0.25, -0.2) is 9.78 Å². The number of carbonyl (C=O) groups excluding carboxylic acids is 1. The second-order valence-corrected chi connectivity index (χ2v) is 14.3. The average molecular weight is 686 g/mol. The van der Waals surface area contributed by atoms with Crippen molar-refractivity contribution >= 4 is 27.6 Å². The molecule has 3 N–H and O–H groups in total. The number of nitrogens with one attached hydrogen (secondary N) is 1. The molecule has 262 valence electrons. The quantitative estimate of drug-likeness (QED) is 0.286. The molecular weight excluding hydrogens is 638 g/mol. The Morgan fingerprint density at radius 3 is 2.54 bits per heavy atom. The zero-order valence-corrected chi connectivity index (χ0v) is 29.0. The summed E-state index contributed by atoms with van der Waals surface area (Å²) in [4.78, 5) is 33.2. The Labute approximate surface area is 282 Å². The maximum atomic E-state index is 14.3. The van der Waals surface area contributed by atoms with E-state index in [1.54, 1.807) is 55.3 Å². The molecule has 48 heavy (non-hydrogen) atoms. The molecule has 3 aromatic rings. The van der Waals surface area contributed by atoms with E-state index < -0.39 is 27.9 Å². The molecule has 0 spiro atoms. The predicted octanol–water partition coefficient (Wildman–Crippen LogP) is 3.85. The van der Waals surface area contributed by atoms with E-state index in [2.05, 4.69) is 14.6 Å². The molecule has 0 radical (unpaired) electrons. The maximum absolute atomic E-state index is 14.3. The number of fused-ring (bicyclic) bond motifs is 1. The Bertz CT molecular complexity index is 1650. The number of aryl methyl sites for hydroxylation is 1. The summed E-state index contributed by atoms with van der Waals surface area (Å²) in [6.45, 7) is 7.31. The molecule has 1 amide bonds. The van der Waals surface area contributed by atoms with E-state index in [1.807, 2.05) is 20.9 Å². The number of amides is 1. The van der Waals surface area contributed by atoms with Gasteiger partial charge in [0, 0.05) is 51.1 Å². The van der Waals surface area contributed by atoms with Crippen molar-refractivity contribution in [1.82, 2.24) is 19.4 Å². The highest BCUT2D eigenvalue weighted by atomic mass is 32.2. The highest BCUT2D eigenvalue weighted by Gasteiger charge is 2.31. The molecule has 0 fully saturated rings. The minimum atomic E-state index is -4.02. The first kappa shape index (κ1) is 36.8. The van der Waals surface area contributed by atoms with Gasteiger partial charge < -0.3 is 29.2 Å². The number of carboxylic acids is 1. The van der Waals surface area contributed by atoms with Gasteiger partial charge in [-0.2, -0.15) is 8.42 Å². The number of aromatic carboxylic acids is 1. The van der Waals surface area contributed by atoms with Crippen LogP contribution in [0.15, 0.2) is 60.0 Å². The van der Waals surface area contributed by atoms with E-state index in [0.29, 0.717) is 31.9 Å². The zero-order valence-electron chi connectivity index (χ0n) is 28.2. The molecule has 1 aliphatic rings. The number of likely N-dealkylation sites (N-methyl/N-ethyl adjacent to an activating group) is 1. The van der Waals surface area contributed by atoms with Crippen molar-refractivity contribution in [2.75, 3.05) is 38.1 Å². The summed E-state index contributed by atoms with van der Waals surface area (Å²) in [5.74, 6) is -1.21. The average Bonchev–Trinajstić information content (AvgIpc) is 3.49. The molecule has 4 rings (SSSR count). The summed E-state index contributed by atoms with van der Waals surface area (Å²) in [5.41, 5.74) is 1.54. The summed E-state index contributed by atoms with van der Waals surface area (Å²) >= 11 is 0. The number of nitrogens with zero attached hydrogens (tertiary/aromatic N) is 4. The van der Waals surface area contributed by atoms with Crippen LogP contribution in [-0.2, 0) is 28.4 Å².